The minimum absolute atomic E-state index is 0.133. The molecule has 0 unspecified atom stereocenters. The van der Waals surface area contributed by atoms with Gasteiger partial charge in [0.15, 0.2) is 0 Å². The van der Waals surface area contributed by atoms with Crippen LogP contribution in [-0.4, -0.2) is 15.5 Å². The van der Waals surface area contributed by atoms with Gasteiger partial charge in [-0.1, -0.05) is 20.8 Å². The maximum Gasteiger partial charge on any atom is 0.137 e. The molecule has 0 amide bonds. The summed E-state index contributed by atoms with van der Waals surface area (Å²) >= 11 is 0. The van der Waals surface area contributed by atoms with E-state index in [2.05, 4.69) is 49.9 Å². The van der Waals surface area contributed by atoms with Crippen molar-refractivity contribution in [1.82, 2.24) is 9.97 Å². The van der Waals surface area contributed by atoms with E-state index in [1.807, 2.05) is 0 Å². The van der Waals surface area contributed by atoms with E-state index >= 15 is 0 Å². The molecule has 0 aliphatic carbocycles. The van der Waals surface area contributed by atoms with Crippen LogP contribution in [0.4, 0.5) is 10.2 Å². The molecule has 4 heteroatoms. The number of nitrogens with zero attached hydrogens (tertiary/aromatic N) is 2. The Balaban J connectivity index is 2.36. The fraction of sp³-hybridized carbons (Fsp3) is 0.500. The first-order valence-electron chi connectivity index (χ1n) is 6.85. The van der Waals surface area contributed by atoms with Crippen molar-refractivity contribution < 1.29 is 4.39 Å². The summed E-state index contributed by atoms with van der Waals surface area (Å²) in [6, 6.07) is 4.57. The second-order valence-electron chi connectivity index (χ2n) is 7.13. The summed E-state index contributed by atoms with van der Waals surface area (Å²) in [5, 5.41) is 4.14. The van der Waals surface area contributed by atoms with Gasteiger partial charge in [-0.05, 0) is 43.9 Å². The SMILES string of the molecule is CC(C)(C)CC(C)(C)Nc1ncnc2ccc(F)cc12. The molecule has 3 nitrogen and oxygen atoms in total. The average Bonchev–Trinajstić information content (AvgIpc) is 2.26. The summed E-state index contributed by atoms with van der Waals surface area (Å²) in [6.45, 7) is 10.9. The molecule has 2 rings (SSSR count). The van der Waals surface area contributed by atoms with Crippen molar-refractivity contribution in [3.63, 3.8) is 0 Å². The van der Waals surface area contributed by atoms with Gasteiger partial charge in [-0.15, -0.1) is 0 Å². The van der Waals surface area contributed by atoms with Crippen LogP contribution in [0.15, 0.2) is 24.5 Å². The number of hydrogen-bond donors (Lipinski definition) is 1. The Kier molecular flexibility index (Phi) is 3.67. The normalized spacial score (nSPS) is 12.7. The van der Waals surface area contributed by atoms with Gasteiger partial charge in [-0.25, -0.2) is 14.4 Å². The lowest BCUT2D eigenvalue weighted by Gasteiger charge is -2.34. The van der Waals surface area contributed by atoms with Crippen LogP contribution in [0.5, 0.6) is 0 Å². The number of hydrogen-bond acceptors (Lipinski definition) is 3. The molecule has 0 spiro atoms. The van der Waals surface area contributed by atoms with E-state index in [1.54, 1.807) is 6.07 Å². The molecular formula is C16H22FN3. The lowest BCUT2D eigenvalue weighted by Crippen LogP contribution is -2.35. The molecule has 0 bridgehead atoms. The monoisotopic (exact) mass is 275 g/mol. The third kappa shape index (κ3) is 3.65. The van der Waals surface area contributed by atoms with E-state index in [0.717, 1.165) is 17.3 Å². The summed E-state index contributed by atoms with van der Waals surface area (Å²) < 4.78 is 13.4. The van der Waals surface area contributed by atoms with Crippen LogP contribution in [0.1, 0.15) is 41.0 Å². The number of aromatic nitrogens is 2. The molecule has 1 heterocycles. The van der Waals surface area contributed by atoms with Gasteiger partial charge in [0, 0.05) is 10.9 Å². The third-order valence-corrected chi connectivity index (χ3v) is 3.03. The Morgan fingerprint density at radius 1 is 1.10 bits per heavy atom. The number of rotatable bonds is 3. The molecule has 0 radical (unpaired) electrons. The number of benzene rings is 1. The highest BCUT2D eigenvalue weighted by atomic mass is 19.1. The van der Waals surface area contributed by atoms with Gasteiger partial charge < -0.3 is 5.32 Å². The second kappa shape index (κ2) is 5.00. The zero-order chi connectivity index (χ0) is 15.0. The largest absolute Gasteiger partial charge is 0.365 e. The van der Waals surface area contributed by atoms with Crippen molar-refractivity contribution in [2.45, 2.75) is 46.6 Å². The molecule has 108 valence electrons. The number of fused-ring (bicyclic) bond motifs is 1. The summed E-state index contributed by atoms with van der Waals surface area (Å²) in [6.07, 6.45) is 2.48. The summed E-state index contributed by atoms with van der Waals surface area (Å²) in [5.41, 5.74) is 0.812. The molecule has 0 atom stereocenters. The smallest absolute Gasteiger partial charge is 0.137 e. The van der Waals surface area contributed by atoms with Crippen molar-refractivity contribution in [1.29, 1.82) is 0 Å². The molecule has 0 aliphatic heterocycles. The predicted molar refractivity (Wildman–Crippen MR) is 81.3 cm³/mol. The number of halogens is 1. The van der Waals surface area contributed by atoms with Crippen LogP contribution in [-0.2, 0) is 0 Å². The molecule has 0 aliphatic rings. The van der Waals surface area contributed by atoms with Crippen LogP contribution >= 0.6 is 0 Å². The highest BCUT2D eigenvalue weighted by Crippen LogP contribution is 2.31. The summed E-state index contributed by atoms with van der Waals surface area (Å²) in [7, 11) is 0. The van der Waals surface area contributed by atoms with Gasteiger partial charge in [0.2, 0.25) is 0 Å². The van der Waals surface area contributed by atoms with Gasteiger partial charge >= 0.3 is 0 Å². The zero-order valence-electron chi connectivity index (χ0n) is 12.8. The first-order valence-corrected chi connectivity index (χ1v) is 6.85. The molecule has 0 saturated carbocycles. The minimum atomic E-state index is -0.274. The second-order valence-corrected chi connectivity index (χ2v) is 7.13. The van der Waals surface area contributed by atoms with E-state index in [-0.39, 0.29) is 16.8 Å². The van der Waals surface area contributed by atoms with Crippen LogP contribution < -0.4 is 5.32 Å². The maximum atomic E-state index is 13.4. The van der Waals surface area contributed by atoms with Gasteiger partial charge in [0.1, 0.15) is 18.0 Å². The van der Waals surface area contributed by atoms with Crippen LogP contribution in [0, 0.1) is 11.2 Å². The maximum absolute atomic E-state index is 13.4. The molecule has 2 aromatic rings. The average molecular weight is 275 g/mol. The Hall–Kier alpha value is -1.71. The van der Waals surface area contributed by atoms with Crippen LogP contribution in [0.2, 0.25) is 0 Å². The van der Waals surface area contributed by atoms with Gasteiger partial charge in [0.25, 0.3) is 0 Å². The van der Waals surface area contributed by atoms with E-state index in [4.69, 9.17) is 0 Å². The van der Waals surface area contributed by atoms with Crippen molar-refractivity contribution in [2.75, 3.05) is 5.32 Å². The standard InChI is InChI=1S/C16H22FN3/c1-15(2,3)9-16(4,5)20-14-12-8-11(17)6-7-13(12)18-10-19-14/h6-8,10H,9H2,1-5H3,(H,18,19,20). The number of nitrogens with one attached hydrogen (secondary N) is 1. The van der Waals surface area contributed by atoms with Crippen molar-refractivity contribution in [3.8, 4) is 0 Å². The van der Waals surface area contributed by atoms with Gasteiger partial charge in [0.05, 0.1) is 5.52 Å². The van der Waals surface area contributed by atoms with Crippen molar-refractivity contribution in [3.05, 3.63) is 30.3 Å². The van der Waals surface area contributed by atoms with E-state index < -0.39 is 0 Å². The minimum Gasteiger partial charge on any atom is -0.365 e. The highest BCUT2D eigenvalue weighted by molar-refractivity contribution is 5.89. The van der Waals surface area contributed by atoms with Crippen LogP contribution in [0.25, 0.3) is 10.9 Å². The predicted octanol–water partition coefficient (Wildman–Crippen LogP) is 4.40. The quantitative estimate of drug-likeness (QED) is 0.902. The molecular weight excluding hydrogens is 253 g/mol. The van der Waals surface area contributed by atoms with E-state index in [1.165, 1.54) is 18.5 Å². The molecule has 0 fully saturated rings. The molecule has 1 aromatic heterocycles. The first kappa shape index (κ1) is 14.7. The van der Waals surface area contributed by atoms with Crippen molar-refractivity contribution in [2.24, 2.45) is 5.41 Å². The fourth-order valence-corrected chi connectivity index (χ4v) is 2.82. The molecule has 1 aromatic carbocycles. The topological polar surface area (TPSA) is 37.8 Å². The number of anilines is 1. The van der Waals surface area contributed by atoms with Crippen molar-refractivity contribution >= 4 is 16.7 Å². The molecule has 0 saturated heterocycles. The zero-order valence-corrected chi connectivity index (χ0v) is 12.8. The molecule has 20 heavy (non-hydrogen) atoms. The highest BCUT2D eigenvalue weighted by Gasteiger charge is 2.26. The Labute approximate surface area is 119 Å². The fourth-order valence-electron chi connectivity index (χ4n) is 2.82. The Morgan fingerprint density at radius 2 is 1.80 bits per heavy atom. The van der Waals surface area contributed by atoms with Gasteiger partial charge in [-0.2, -0.15) is 0 Å². The van der Waals surface area contributed by atoms with Gasteiger partial charge in [-0.3, -0.25) is 0 Å². The Morgan fingerprint density at radius 3 is 2.45 bits per heavy atom. The van der Waals surface area contributed by atoms with E-state index in [9.17, 15) is 4.39 Å². The Bertz CT molecular complexity index is 615. The third-order valence-electron chi connectivity index (χ3n) is 3.03. The van der Waals surface area contributed by atoms with E-state index in [0.29, 0.717) is 5.82 Å². The lowest BCUT2D eigenvalue weighted by atomic mass is 9.82. The summed E-state index contributed by atoms with van der Waals surface area (Å²) in [5.74, 6) is 0.410. The summed E-state index contributed by atoms with van der Waals surface area (Å²) in [4.78, 5) is 8.44. The lowest BCUT2D eigenvalue weighted by molar-refractivity contribution is 0.302. The molecule has 1 N–H and O–H groups in total. The van der Waals surface area contributed by atoms with Crippen LogP contribution in [0.3, 0.4) is 0 Å². The first-order chi connectivity index (χ1) is 9.16.